The number of sulfonamides is 1. The van der Waals surface area contributed by atoms with Crippen LogP contribution >= 0.6 is 11.6 Å². The predicted molar refractivity (Wildman–Crippen MR) is 147 cm³/mol. The number of fused-ring (bicyclic) bond motifs is 1. The number of rotatable bonds is 6. The Labute approximate surface area is 227 Å². The summed E-state index contributed by atoms with van der Waals surface area (Å²) in [5.74, 6) is -0.444. The Morgan fingerprint density at radius 3 is 2.68 bits per heavy atom. The molecule has 0 bridgehead atoms. The fourth-order valence-corrected chi connectivity index (χ4v) is 6.49. The highest BCUT2D eigenvalue weighted by Gasteiger charge is 2.31. The summed E-state index contributed by atoms with van der Waals surface area (Å²) >= 11 is 5.86. The zero-order valence-corrected chi connectivity index (χ0v) is 22.3. The van der Waals surface area contributed by atoms with Crippen molar-refractivity contribution in [2.24, 2.45) is 0 Å². The molecular weight excluding hydrogens is 527 g/mol. The van der Waals surface area contributed by atoms with Crippen LogP contribution in [0.2, 0.25) is 5.02 Å². The lowest BCUT2D eigenvalue weighted by Crippen LogP contribution is -2.35. The average molecular weight is 555 g/mol. The molecule has 3 aromatic rings. The highest BCUT2D eigenvalue weighted by atomic mass is 35.5. The van der Waals surface area contributed by atoms with Gasteiger partial charge in [-0.1, -0.05) is 35.9 Å². The van der Waals surface area contributed by atoms with Gasteiger partial charge in [-0.3, -0.25) is 19.4 Å². The van der Waals surface area contributed by atoms with E-state index in [9.17, 15) is 17.6 Å². The molecule has 10 heteroatoms. The molecule has 1 atom stereocenters. The Hall–Kier alpha value is -3.27. The fraction of sp³-hybridized carbons (Fsp3) is 0.286. The van der Waals surface area contributed by atoms with Crippen molar-refractivity contribution in [3.8, 4) is 0 Å². The lowest BCUT2D eigenvalue weighted by molar-refractivity contribution is 0.0761. The number of amides is 1. The summed E-state index contributed by atoms with van der Waals surface area (Å²) in [7, 11) is -3.74. The highest BCUT2D eigenvalue weighted by Crippen LogP contribution is 2.33. The number of allylic oxidation sites excluding steroid dienone is 1. The zero-order chi connectivity index (χ0) is 26.7. The van der Waals surface area contributed by atoms with Crippen molar-refractivity contribution in [3.05, 3.63) is 100 Å². The fourth-order valence-electron chi connectivity index (χ4n) is 4.87. The molecule has 1 aromatic heterocycles. The molecule has 38 heavy (non-hydrogen) atoms. The summed E-state index contributed by atoms with van der Waals surface area (Å²) in [6.45, 7) is 2.94. The molecule has 5 rings (SSSR count). The molecule has 1 amide bonds. The number of halogens is 2. The number of benzene rings is 2. The lowest BCUT2D eigenvalue weighted by Gasteiger charge is -2.23. The van der Waals surface area contributed by atoms with E-state index in [0.29, 0.717) is 60.1 Å². The number of nitrogens with zero attached hydrogens (tertiary/aromatic N) is 3. The van der Waals surface area contributed by atoms with Gasteiger partial charge in [0, 0.05) is 60.8 Å². The van der Waals surface area contributed by atoms with E-state index in [1.54, 1.807) is 53.6 Å². The third-order valence-corrected chi connectivity index (χ3v) is 8.80. The number of carbonyl (C=O) groups excluding carboxylic acids is 1. The van der Waals surface area contributed by atoms with Crippen LogP contribution in [0.25, 0.3) is 6.08 Å². The quantitative estimate of drug-likeness (QED) is 0.457. The number of hydrogen-bond donors (Lipinski definition) is 1. The van der Waals surface area contributed by atoms with Crippen LogP contribution in [0.4, 0.5) is 10.1 Å². The maximum atomic E-state index is 14.2. The monoisotopic (exact) mass is 554 g/mol. The number of hydrogen-bond acceptors (Lipinski definition) is 5. The van der Waals surface area contributed by atoms with Crippen LogP contribution in [-0.4, -0.2) is 55.3 Å². The van der Waals surface area contributed by atoms with E-state index in [-0.39, 0.29) is 11.7 Å². The predicted octanol–water partition coefficient (Wildman–Crippen LogP) is 5.12. The Bertz CT molecular complexity index is 1460. The van der Waals surface area contributed by atoms with Crippen LogP contribution in [0.5, 0.6) is 0 Å². The van der Waals surface area contributed by atoms with E-state index in [0.717, 1.165) is 18.5 Å². The van der Waals surface area contributed by atoms with Gasteiger partial charge in [0.2, 0.25) is 10.0 Å². The summed E-state index contributed by atoms with van der Waals surface area (Å²) in [5, 5.41) is -0.419. The Balaban J connectivity index is 1.20. The van der Waals surface area contributed by atoms with Gasteiger partial charge in [0.1, 0.15) is 11.1 Å². The average Bonchev–Trinajstić information content (AvgIpc) is 3.15. The van der Waals surface area contributed by atoms with Gasteiger partial charge >= 0.3 is 0 Å². The van der Waals surface area contributed by atoms with E-state index in [1.807, 2.05) is 18.2 Å². The van der Waals surface area contributed by atoms with Gasteiger partial charge in [-0.15, -0.1) is 0 Å². The summed E-state index contributed by atoms with van der Waals surface area (Å²) in [5.41, 5.74) is 2.78. The van der Waals surface area contributed by atoms with Gasteiger partial charge in [0.15, 0.2) is 0 Å². The molecule has 0 saturated carbocycles. The summed E-state index contributed by atoms with van der Waals surface area (Å²) in [6, 6.07) is 14.8. The Morgan fingerprint density at radius 1 is 1.08 bits per heavy atom. The maximum absolute atomic E-state index is 14.2. The maximum Gasteiger partial charge on any atom is 0.253 e. The third kappa shape index (κ3) is 5.90. The van der Waals surface area contributed by atoms with E-state index < -0.39 is 15.3 Å². The molecule has 1 saturated heterocycles. The molecule has 2 aromatic carbocycles. The SMILES string of the molecule is O=C(c1ccc(NS(=O)(=O)C2CC=Cc3cccnc32)cc1)N1CCCN(Cc2ccc(Cl)cc2F)CC1. The van der Waals surface area contributed by atoms with E-state index >= 15 is 0 Å². The van der Waals surface area contributed by atoms with E-state index in [2.05, 4.69) is 14.6 Å². The Morgan fingerprint density at radius 2 is 1.89 bits per heavy atom. The first-order chi connectivity index (χ1) is 18.3. The largest absolute Gasteiger partial charge is 0.337 e. The molecule has 2 heterocycles. The molecular formula is C28H28ClFN4O3S. The second-order valence-corrected chi connectivity index (χ2v) is 11.8. The number of nitrogens with one attached hydrogen (secondary N) is 1. The molecule has 0 spiro atoms. The third-order valence-electron chi connectivity index (χ3n) is 6.88. The first-order valence-electron chi connectivity index (χ1n) is 12.5. The van der Waals surface area contributed by atoms with Crippen LogP contribution in [0.15, 0.2) is 66.9 Å². The van der Waals surface area contributed by atoms with Crippen molar-refractivity contribution < 1.29 is 17.6 Å². The molecule has 2 aliphatic rings. The van der Waals surface area contributed by atoms with Gasteiger partial charge in [-0.2, -0.15) is 0 Å². The van der Waals surface area contributed by atoms with Gasteiger partial charge in [0.05, 0.1) is 5.69 Å². The number of aromatic nitrogens is 1. The first-order valence-corrected chi connectivity index (χ1v) is 14.4. The molecule has 1 aliphatic carbocycles. The van der Waals surface area contributed by atoms with E-state index in [1.165, 1.54) is 6.07 Å². The van der Waals surface area contributed by atoms with Crippen molar-refractivity contribution in [1.29, 1.82) is 0 Å². The lowest BCUT2D eigenvalue weighted by atomic mass is 10.0. The first kappa shape index (κ1) is 26.3. The number of pyridine rings is 1. The van der Waals surface area contributed by atoms with Gasteiger partial charge in [-0.25, -0.2) is 12.8 Å². The minimum atomic E-state index is -3.74. The van der Waals surface area contributed by atoms with Crippen molar-refractivity contribution in [2.75, 3.05) is 30.9 Å². The van der Waals surface area contributed by atoms with Crippen molar-refractivity contribution in [1.82, 2.24) is 14.8 Å². The summed E-state index contributed by atoms with van der Waals surface area (Å²) in [6.07, 6.45) is 6.42. The molecule has 1 aliphatic heterocycles. The van der Waals surface area contributed by atoms with Gasteiger partial charge < -0.3 is 4.90 Å². The topological polar surface area (TPSA) is 82.6 Å². The second kappa shape index (κ2) is 11.2. The normalized spacial score (nSPS) is 18.1. The number of anilines is 1. The second-order valence-electron chi connectivity index (χ2n) is 9.49. The smallest absolute Gasteiger partial charge is 0.253 e. The Kier molecular flexibility index (Phi) is 7.78. The molecule has 1 unspecified atom stereocenters. The van der Waals surface area contributed by atoms with Gasteiger partial charge in [-0.05, 0) is 60.9 Å². The molecule has 1 fully saturated rings. The number of carbonyl (C=O) groups is 1. The molecule has 1 N–H and O–H groups in total. The molecule has 198 valence electrons. The van der Waals surface area contributed by atoms with E-state index in [4.69, 9.17) is 11.6 Å². The molecule has 7 nitrogen and oxygen atoms in total. The van der Waals surface area contributed by atoms with Crippen molar-refractivity contribution in [2.45, 2.75) is 24.6 Å². The zero-order valence-electron chi connectivity index (χ0n) is 20.7. The molecule has 0 radical (unpaired) electrons. The van der Waals surface area contributed by atoms with Crippen LogP contribution < -0.4 is 4.72 Å². The van der Waals surface area contributed by atoms with Gasteiger partial charge in [0.25, 0.3) is 5.91 Å². The van der Waals surface area contributed by atoms with Crippen molar-refractivity contribution in [3.63, 3.8) is 0 Å². The highest BCUT2D eigenvalue weighted by molar-refractivity contribution is 7.93. The summed E-state index contributed by atoms with van der Waals surface area (Å²) in [4.78, 5) is 21.4. The minimum Gasteiger partial charge on any atom is -0.337 e. The van der Waals surface area contributed by atoms with Crippen LogP contribution in [-0.2, 0) is 16.6 Å². The minimum absolute atomic E-state index is 0.116. The standard InChI is InChI=1S/C28H28ClFN4O3S/c29-23-10-7-22(25(30)18-23)19-33-14-3-15-34(17-16-33)28(35)21-8-11-24(12-9-21)32-38(36,37)26-6-1-4-20-5-2-13-31-27(20)26/h1-2,4-5,7-13,18,26,32H,3,6,14-17,19H2. The van der Waals surface area contributed by atoms with Crippen LogP contribution in [0, 0.1) is 5.82 Å². The van der Waals surface area contributed by atoms with Crippen molar-refractivity contribution >= 4 is 39.3 Å². The van der Waals surface area contributed by atoms with Crippen LogP contribution in [0.1, 0.15) is 45.3 Å². The summed E-state index contributed by atoms with van der Waals surface area (Å²) < 4.78 is 43.1. The van der Waals surface area contributed by atoms with Crippen LogP contribution in [0.3, 0.4) is 0 Å².